The van der Waals surface area contributed by atoms with Crippen molar-refractivity contribution < 1.29 is 9.47 Å². The molecule has 0 spiro atoms. The highest BCUT2D eigenvalue weighted by molar-refractivity contribution is 7.80. The second-order valence-corrected chi connectivity index (χ2v) is 10.4. The normalized spacial score (nSPS) is 24.4. The van der Waals surface area contributed by atoms with Crippen LogP contribution in [-0.4, -0.2) is 80.6 Å². The van der Waals surface area contributed by atoms with Crippen molar-refractivity contribution in [1.29, 1.82) is 0 Å². The molecule has 18 heteroatoms. The van der Waals surface area contributed by atoms with Crippen molar-refractivity contribution in [3.8, 4) is 0 Å². The Bertz CT molecular complexity index is 1560. The fourth-order valence-corrected chi connectivity index (χ4v) is 5.39. The van der Waals surface area contributed by atoms with Gasteiger partial charge < -0.3 is 42.6 Å². The van der Waals surface area contributed by atoms with E-state index in [9.17, 15) is 0 Å². The molecule has 2 aliphatic rings. The van der Waals surface area contributed by atoms with Gasteiger partial charge in [0, 0.05) is 19.5 Å². The lowest BCUT2D eigenvalue weighted by Crippen LogP contribution is -2.50. The van der Waals surface area contributed by atoms with Crippen LogP contribution in [0.4, 0.5) is 11.6 Å². The third-order valence-corrected chi connectivity index (χ3v) is 7.41. The maximum atomic E-state index is 6.34. The average molecular weight is 585 g/mol. The molecule has 5 atom stereocenters. The molecule has 6 rings (SSSR count). The SMILES string of the molecule is NC(=S)NC[C@H]1O[C@@H](n2cnc3c(N)ncnc32)CC1NC(=S)NC[C@@H]1CC[C@H](n2cnc3c(N)ncnc32)O1. The maximum absolute atomic E-state index is 6.34. The molecule has 2 aliphatic heterocycles. The number of ether oxygens (including phenoxy) is 2. The third-order valence-electron chi connectivity index (χ3n) is 7.00. The van der Waals surface area contributed by atoms with E-state index in [1.807, 2.05) is 9.13 Å². The van der Waals surface area contributed by atoms with Crippen LogP contribution in [0.1, 0.15) is 31.7 Å². The number of nitrogens with two attached hydrogens (primary N) is 3. The van der Waals surface area contributed by atoms with Crippen molar-refractivity contribution in [2.45, 2.75) is 50.0 Å². The van der Waals surface area contributed by atoms with E-state index in [4.69, 9.17) is 51.1 Å². The van der Waals surface area contributed by atoms with Crippen LogP contribution in [0.3, 0.4) is 0 Å². The maximum Gasteiger partial charge on any atom is 0.167 e. The van der Waals surface area contributed by atoms with Crippen LogP contribution in [0.5, 0.6) is 0 Å². The van der Waals surface area contributed by atoms with Crippen LogP contribution in [0.15, 0.2) is 25.3 Å². The number of aromatic nitrogens is 8. The van der Waals surface area contributed by atoms with Gasteiger partial charge in [-0.25, -0.2) is 29.9 Å². The average Bonchev–Trinajstić information content (AvgIpc) is 3.72. The number of hydrogen-bond acceptors (Lipinski definition) is 12. The Morgan fingerprint density at radius 1 is 0.850 bits per heavy atom. The molecule has 0 aliphatic carbocycles. The fourth-order valence-electron chi connectivity index (χ4n) is 5.07. The molecular weight excluding hydrogens is 556 g/mol. The molecule has 0 amide bonds. The van der Waals surface area contributed by atoms with Gasteiger partial charge in [-0.3, -0.25) is 9.13 Å². The van der Waals surface area contributed by atoms with Crippen LogP contribution < -0.4 is 33.2 Å². The predicted molar refractivity (Wildman–Crippen MR) is 153 cm³/mol. The Morgan fingerprint density at radius 3 is 2.15 bits per heavy atom. The van der Waals surface area contributed by atoms with Crippen LogP contribution in [0, 0.1) is 0 Å². The molecule has 1 unspecified atom stereocenters. The van der Waals surface area contributed by atoms with Gasteiger partial charge in [0.2, 0.25) is 0 Å². The van der Waals surface area contributed by atoms with Gasteiger partial charge >= 0.3 is 0 Å². The minimum absolute atomic E-state index is 0.0523. The minimum Gasteiger partial charge on any atom is -0.382 e. The van der Waals surface area contributed by atoms with Crippen molar-refractivity contribution >= 4 is 68.6 Å². The first-order valence-corrected chi connectivity index (χ1v) is 13.4. The van der Waals surface area contributed by atoms with E-state index in [2.05, 4.69) is 45.9 Å². The van der Waals surface area contributed by atoms with Gasteiger partial charge in [0.05, 0.1) is 30.9 Å². The fraction of sp³-hybridized carbons (Fsp3) is 0.455. The zero-order valence-corrected chi connectivity index (χ0v) is 22.8. The second kappa shape index (κ2) is 10.9. The highest BCUT2D eigenvalue weighted by atomic mass is 32.1. The molecule has 0 aromatic carbocycles. The Labute approximate surface area is 238 Å². The Hall–Kier alpha value is -4.00. The van der Waals surface area contributed by atoms with E-state index in [1.165, 1.54) is 12.7 Å². The molecule has 4 aromatic heterocycles. The van der Waals surface area contributed by atoms with Gasteiger partial charge in [-0.05, 0) is 37.3 Å². The molecule has 210 valence electrons. The summed E-state index contributed by atoms with van der Waals surface area (Å²) in [4.78, 5) is 25.3. The smallest absolute Gasteiger partial charge is 0.167 e. The largest absolute Gasteiger partial charge is 0.382 e. The van der Waals surface area contributed by atoms with Crippen molar-refractivity contribution in [2.75, 3.05) is 24.6 Å². The number of nitrogens with zero attached hydrogens (tertiary/aromatic N) is 8. The van der Waals surface area contributed by atoms with E-state index >= 15 is 0 Å². The van der Waals surface area contributed by atoms with Crippen LogP contribution in [0.2, 0.25) is 0 Å². The molecule has 0 bridgehead atoms. The highest BCUT2D eigenvalue weighted by Crippen LogP contribution is 2.32. The van der Waals surface area contributed by atoms with Crippen molar-refractivity contribution in [1.82, 2.24) is 55.0 Å². The number of thiocarbonyl (C=S) groups is 2. The summed E-state index contributed by atoms with van der Waals surface area (Å²) in [7, 11) is 0. The molecule has 0 radical (unpaired) electrons. The molecular formula is C22H28N14O2S2. The first-order valence-electron chi connectivity index (χ1n) is 12.6. The summed E-state index contributed by atoms with van der Waals surface area (Å²) in [6.45, 7) is 0.928. The standard InChI is InChI=1S/C22H28N14O2S2/c23-17-15-19(30-6-28-17)35(8-32-15)13-2-1-10(37-13)4-27-22(40)34-11-3-14(38-12(11)5-26-21(25)39)36-9-33-16-18(24)29-7-31-20(16)36/h6-14H,1-5H2,(H2,23,28,30)(H2,24,29,31)(H3,25,26,39)(H2,27,34,40)/t10-,11?,12+,13+,14+/m0/s1. The summed E-state index contributed by atoms with van der Waals surface area (Å²) in [6.07, 6.45) is 7.49. The molecule has 16 nitrogen and oxygen atoms in total. The van der Waals surface area contributed by atoms with E-state index in [-0.39, 0.29) is 35.8 Å². The Balaban J connectivity index is 1.07. The number of nitrogens with one attached hydrogen (secondary N) is 3. The van der Waals surface area contributed by atoms with E-state index in [0.29, 0.717) is 58.6 Å². The van der Waals surface area contributed by atoms with Crippen LogP contribution in [-0.2, 0) is 9.47 Å². The van der Waals surface area contributed by atoms with E-state index in [1.54, 1.807) is 12.7 Å². The first kappa shape index (κ1) is 26.2. The lowest BCUT2D eigenvalue weighted by molar-refractivity contribution is 0.00365. The zero-order chi connectivity index (χ0) is 27.8. The number of anilines is 2. The molecule has 40 heavy (non-hydrogen) atoms. The number of imidazole rings is 2. The van der Waals surface area contributed by atoms with Gasteiger partial charge in [0.25, 0.3) is 0 Å². The van der Waals surface area contributed by atoms with E-state index < -0.39 is 0 Å². The molecule has 9 N–H and O–H groups in total. The summed E-state index contributed by atoms with van der Waals surface area (Å²) in [5.41, 5.74) is 19.9. The molecule has 6 heterocycles. The number of rotatable bonds is 7. The second-order valence-electron chi connectivity index (χ2n) is 9.53. The number of hydrogen-bond donors (Lipinski definition) is 6. The third kappa shape index (κ3) is 5.12. The van der Waals surface area contributed by atoms with Gasteiger partial charge in [-0.1, -0.05) is 0 Å². The van der Waals surface area contributed by atoms with E-state index in [0.717, 1.165) is 12.8 Å². The molecule has 0 saturated carbocycles. The van der Waals surface area contributed by atoms with Gasteiger partial charge in [-0.15, -0.1) is 0 Å². The highest BCUT2D eigenvalue weighted by Gasteiger charge is 2.38. The Kier molecular flexibility index (Phi) is 7.13. The topological polar surface area (TPSA) is 220 Å². The predicted octanol–water partition coefficient (Wildman–Crippen LogP) is -0.538. The monoisotopic (exact) mass is 584 g/mol. The summed E-state index contributed by atoms with van der Waals surface area (Å²) < 4.78 is 16.3. The zero-order valence-electron chi connectivity index (χ0n) is 21.2. The van der Waals surface area contributed by atoms with Crippen molar-refractivity contribution in [3.05, 3.63) is 25.3 Å². The Morgan fingerprint density at radius 2 is 1.50 bits per heavy atom. The molecule has 2 fully saturated rings. The van der Waals surface area contributed by atoms with Crippen LogP contribution >= 0.6 is 24.4 Å². The summed E-state index contributed by atoms with van der Waals surface area (Å²) in [6, 6.07) is -0.150. The van der Waals surface area contributed by atoms with Crippen molar-refractivity contribution in [3.63, 3.8) is 0 Å². The summed E-state index contributed by atoms with van der Waals surface area (Å²) >= 11 is 10.6. The number of nitrogen functional groups attached to an aromatic ring is 2. The number of fused-ring (bicyclic) bond motifs is 2. The van der Waals surface area contributed by atoms with Gasteiger partial charge in [-0.2, -0.15) is 0 Å². The molecule has 2 saturated heterocycles. The lowest BCUT2D eigenvalue weighted by atomic mass is 10.1. The van der Waals surface area contributed by atoms with Gasteiger partial charge in [0.1, 0.15) is 36.1 Å². The van der Waals surface area contributed by atoms with Crippen molar-refractivity contribution in [2.24, 2.45) is 5.73 Å². The summed E-state index contributed by atoms with van der Waals surface area (Å²) in [5.74, 6) is 0.651. The first-order chi connectivity index (χ1) is 19.4. The summed E-state index contributed by atoms with van der Waals surface area (Å²) in [5, 5.41) is 10.3. The van der Waals surface area contributed by atoms with Crippen LogP contribution in [0.25, 0.3) is 22.3 Å². The van der Waals surface area contributed by atoms with Gasteiger partial charge in [0.15, 0.2) is 33.2 Å². The lowest BCUT2D eigenvalue weighted by Gasteiger charge is -2.22. The molecule has 4 aromatic rings. The minimum atomic E-state index is -0.362. The quantitative estimate of drug-likeness (QED) is 0.150.